The SMILES string of the molecule is C[Si](C)(C)c1cnc(/C=C/c2cnc(NC(=O)N3CCC(O)CC3)s2)o1. The first kappa shape index (κ1) is 18.8. The minimum absolute atomic E-state index is 0.172. The number of rotatable bonds is 4. The largest absolute Gasteiger partial charge is 0.447 e. The van der Waals surface area contributed by atoms with E-state index in [1.807, 2.05) is 12.2 Å². The van der Waals surface area contributed by atoms with Gasteiger partial charge in [-0.2, -0.15) is 0 Å². The van der Waals surface area contributed by atoms with Crippen molar-refractivity contribution in [2.45, 2.75) is 38.6 Å². The van der Waals surface area contributed by atoms with Crippen molar-refractivity contribution in [2.75, 3.05) is 18.4 Å². The van der Waals surface area contributed by atoms with Gasteiger partial charge in [0, 0.05) is 30.2 Å². The summed E-state index contributed by atoms with van der Waals surface area (Å²) in [5.74, 6) is 0.577. The molecular weight excluding hydrogens is 368 g/mol. The second-order valence-corrected chi connectivity index (χ2v) is 13.4. The first-order valence-electron chi connectivity index (χ1n) is 8.65. The van der Waals surface area contributed by atoms with Gasteiger partial charge in [0.15, 0.2) is 5.13 Å². The number of hydrogen-bond acceptors (Lipinski definition) is 6. The molecule has 1 saturated heterocycles. The number of piperidine rings is 1. The fourth-order valence-corrected chi connectivity index (χ4v) is 4.10. The van der Waals surface area contributed by atoms with Gasteiger partial charge in [0.05, 0.1) is 12.3 Å². The molecule has 2 aromatic rings. The summed E-state index contributed by atoms with van der Waals surface area (Å²) in [6, 6.07) is -0.172. The number of carbonyl (C=O) groups excluding carboxylic acids is 1. The summed E-state index contributed by atoms with van der Waals surface area (Å²) in [7, 11) is -1.50. The van der Waals surface area contributed by atoms with Gasteiger partial charge in [0.25, 0.3) is 0 Å². The van der Waals surface area contributed by atoms with Gasteiger partial charge >= 0.3 is 6.03 Å². The number of hydrogen-bond donors (Lipinski definition) is 2. The van der Waals surface area contributed by atoms with E-state index in [0.717, 1.165) is 10.3 Å². The van der Waals surface area contributed by atoms with E-state index in [2.05, 4.69) is 34.9 Å². The van der Waals surface area contributed by atoms with Gasteiger partial charge in [-0.3, -0.25) is 5.32 Å². The molecule has 0 unspecified atom stereocenters. The Balaban J connectivity index is 1.57. The lowest BCUT2D eigenvalue weighted by atomic mass is 10.1. The van der Waals surface area contributed by atoms with Crippen LogP contribution in [0, 0.1) is 0 Å². The smallest absolute Gasteiger partial charge is 0.323 e. The predicted molar refractivity (Wildman–Crippen MR) is 106 cm³/mol. The molecule has 7 nitrogen and oxygen atoms in total. The molecule has 2 aromatic heterocycles. The highest BCUT2D eigenvalue weighted by Crippen LogP contribution is 2.21. The Hall–Kier alpha value is -1.97. The average Bonchev–Trinajstić information content (AvgIpc) is 3.22. The Morgan fingerprint density at radius 2 is 2.04 bits per heavy atom. The quantitative estimate of drug-likeness (QED) is 0.781. The topological polar surface area (TPSA) is 91.5 Å². The molecule has 0 atom stereocenters. The number of anilines is 1. The summed E-state index contributed by atoms with van der Waals surface area (Å²) in [4.78, 5) is 23.4. The fourth-order valence-electron chi connectivity index (χ4n) is 2.53. The zero-order chi connectivity index (χ0) is 18.7. The molecular formula is C17H24N4O3SSi. The molecule has 3 rings (SSSR count). The van der Waals surface area contributed by atoms with E-state index in [1.54, 1.807) is 17.3 Å². The van der Waals surface area contributed by atoms with Crippen molar-refractivity contribution in [3.05, 3.63) is 23.2 Å². The number of amides is 2. The highest BCUT2D eigenvalue weighted by Gasteiger charge is 2.22. The first-order valence-corrected chi connectivity index (χ1v) is 13.0. The van der Waals surface area contributed by atoms with Gasteiger partial charge in [0.2, 0.25) is 5.89 Å². The summed E-state index contributed by atoms with van der Waals surface area (Å²) in [5.41, 5.74) is 0. The van der Waals surface area contributed by atoms with Gasteiger partial charge < -0.3 is 14.4 Å². The van der Waals surface area contributed by atoms with Gasteiger partial charge in [0.1, 0.15) is 13.5 Å². The van der Waals surface area contributed by atoms with Gasteiger partial charge in [-0.15, -0.1) is 0 Å². The molecule has 0 aromatic carbocycles. The van der Waals surface area contributed by atoms with Crippen LogP contribution < -0.4 is 10.7 Å². The molecule has 140 valence electrons. The highest BCUT2D eigenvalue weighted by molar-refractivity contribution is 7.16. The molecule has 0 aliphatic carbocycles. The Labute approximate surface area is 157 Å². The van der Waals surface area contributed by atoms with E-state index >= 15 is 0 Å². The molecule has 3 heterocycles. The number of urea groups is 1. The van der Waals surface area contributed by atoms with E-state index < -0.39 is 8.07 Å². The number of nitrogens with one attached hydrogen (secondary N) is 1. The van der Waals surface area contributed by atoms with Crippen LogP contribution in [0.25, 0.3) is 12.2 Å². The molecule has 2 amide bonds. The number of aliphatic hydroxyl groups is 1. The normalized spacial score (nSPS) is 16.4. The van der Waals surface area contributed by atoms with E-state index in [9.17, 15) is 9.90 Å². The lowest BCUT2D eigenvalue weighted by Crippen LogP contribution is -2.42. The minimum atomic E-state index is -1.50. The zero-order valence-corrected chi connectivity index (χ0v) is 17.0. The second-order valence-electron chi connectivity index (χ2n) is 7.36. The first-order chi connectivity index (χ1) is 12.3. The number of nitrogens with zero attached hydrogens (tertiary/aromatic N) is 3. The standard InChI is InChI=1S/C17H24N4O3SSi/c1-26(2,3)15-11-18-14(24-15)5-4-13-10-19-16(25-13)20-17(23)21-8-6-12(22)7-9-21/h4-5,10-12,22H,6-9H2,1-3H3,(H,19,20,23)/b5-4+. The Morgan fingerprint density at radius 3 is 2.69 bits per heavy atom. The van der Waals surface area contributed by atoms with Gasteiger partial charge in [-0.25, -0.2) is 14.8 Å². The maximum atomic E-state index is 12.2. The van der Waals surface area contributed by atoms with Crippen molar-refractivity contribution < 1.29 is 14.3 Å². The van der Waals surface area contributed by atoms with Crippen molar-refractivity contribution in [2.24, 2.45) is 0 Å². The van der Waals surface area contributed by atoms with Crippen LogP contribution in [0.3, 0.4) is 0 Å². The molecule has 0 spiro atoms. The lowest BCUT2D eigenvalue weighted by Gasteiger charge is -2.29. The monoisotopic (exact) mass is 392 g/mol. The van der Waals surface area contributed by atoms with E-state index in [0.29, 0.717) is 37.0 Å². The zero-order valence-electron chi connectivity index (χ0n) is 15.2. The van der Waals surface area contributed by atoms with Gasteiger partial charge in [-0.1, -0.05) is 31.0 Å². The molecule has 1 aliphatic rings. The molecule has 26 heavy (non-hydrogen) atoms. The number of likely N-dealkylation sites (tertiary alicyclic amines) is 1. The fraction of sp³-hybridized carbons (Fsp3) is 0.471. The number of aromatic nitrogens is 2. The Bertz CT molecular complexity index is 788. The van der Waals surface area contributed by atoms with Crippen LogP contribution in [0.1, 0.15) is 23.6 Å². The molecule has 1 fully saturated rings. The number of oxazole rings is 1. The minimum Gasteiger partial charge on any atom is -0.447 e. The third-order valence-electron chi connectivity index (χ3n) is 4.14. The Kier molecular flexibility index (Phi) is 5.59. The summed E-state index contributed by atoms with van der Waals surface area (Å²) >= 11 is 1.39. The van der Waals surface area contributed by atoms with Crippen LogP contribution in [0.15, 0.2) is 16.8 Å². The molecule has 0 bridgehead atoms. The summed E-state index contributed by atoms with van der Waals surface area (Å²) < 4.78 is 5.78. The number of carbonyl (C=O) groups is 1. The molecule has 0 saturated carbocycles. The highest BCUT2D eigenvalue weighted by atomic mass is 32.1. The Morgan fingerprint density at radius 1 is 1.31 bits per heavy atom. The van der Waals surface area contributed by atoms with E-state index in [1.165, 1.54) is 11.3 Å². The van der Waals surface area contributed by atoms with Crippen LogP contribution >= 0.6 is 11.3 Å². The van der Waals surface area contributed by atoms with Crippen LogP contribution in [-0.4, -0.2) is 53.3 Å². The van der Waals surface area contributed by atoms with Crippen LogP contribution in [0.2, 0.25) is 19.6 Å². The predicted octanol–water partition coefficient (Wildman–Crippen LogP) is 2.84. The van der Waals surface area contributed by atoms with Crippen LogP contribution in [0.4, 0.5) is 9.93 Å². The molecule has 0 radical (unpaired) electrons. The van der Waals surface area contributed by atoms with Crippen molar-refractivity contribution in [3.63, 3.8) is 0 Å². The summed E-state index contributed by atoms with van der Waals surface area (Å²) in [5, 5.41) is 13.9. The average molecular weight is 393 g/mol. The van der Waals surface area contributed by atoms with Crippen molar-refractivity contribution in [1.82, 2.24) is 14.9 Å². The molecule has 2 N–H and O–H groups in total. The lowest BCUT2D eigenvalue weighted by molar-refractivity contribution is 0.0972. The van der Waals surface area contributed by atoms with Crippen LogP contribution in [0.5, 0.6) is 0 Å². The van der Waals surface area contributed by atoms with Gasteiger partial charge in [-0.05, 0) is 18.9 Å². The number of thiazole rings is 1. The maximum absolute atomic E-state index is 12.2. The van der Waals surface area contributed by atoms with Crippen molar-refractivity contribution in [3.8, 4) is 0 Å². The maximum Gasteiger partial charge on any atom is 0.323 e. The van der Waals surface area contributed by atoms with Crippen molar-refractivity contribution >= 4 is 48.1 Å². The second kappa shape index (κ2) is 7.73. The molecule has 9 heteroatoms. The third kappa shape index (κ3) is 4.80. The van der Waals surface area contributed by atoms with E-state index in [4.69, 9.17) is 4.42 Å². The van der Waals surface area contributed by atoms with Crippen molar-refractivity contribution in [1.29, 1.82) is 0 Å². The number of aliphatic hydroxyl groups excluding tert-OH is 1. The van der Waals surface area contributed by atoms with E-state index in [-0.39, 0.29) is 12.1 Å². The third-order valence-corrected chi connectivity index (χ3v) is 6.73. The molecule has 1 aliphatic heterocycles. The summed E-state index contributed by atoms with van der Waals surface area (Å²) in [6.07, 6.45) is 8.15. The summed E-state index contributed by atoms with van der Waals surface area (Å²) in [6.45, 7) is 7.76. The van der Waals surface area contributed by atoms with Crippen LogP contribution in [-0.2, 0) is 0 Å².